The normalized spacial score (nSPS) is 13.7. The molecule has 2 aromatic heterocycles. The standard InChI is InChI=1S/C28H31FN8O2/c1-20-26(19-36(34-20)15-14-35-12-5-2-6-13-35)32-27(38)21-8-7-9-23(16-21)37-18-22(17-30-37)31-28(39)33-25-11-4-3-10-24(25)29/h3-4,7-11,16-19H,2,5-6,12-15H2,1H3,(H,32,38)(H2,31,33,39). The van der Waals surface area contributed by atoms with E-state index in [-0.39, 0.29) is 11.6 Å². The lowest BCUT2D eigenvalue weighted by molar-refractivity contribution is 0.102. The van der Waals surface area contributed by atoms with Gasteiger partial charge in [0.1, 0.15) is 5.82 Å². The van der Waals surface area contributed by atoms with Gasteiger partial charge in [0, 0.05) is 18.3 Å². The zero-order chi connectivity index (χ0) is 27.2. The Morgan fingerprint density at radius 3 is 2.56 bits per heavy atom. The van der Waals surface area contributed by atoms with E-state index in [1.54, 1.807) is 47.3 Å². The largest absolute Gasteiger partial charge is 0.323 e. The summed E-state index contributed by atoms with van der Waals surface area (Å²) in [4.78, 5) is 27.7. The van der Waals surface area contributed by atoms with Crippen LogP contribution in [0.3, 0.4) is 0 Å². The number of rotatable bonds is 8. The quantitative estimate of drug-likeness (QED) is 0.300. The fourth-order valence-corrected chi connectivity index (χ4v) is 4.54. The van der Waals surface area contributed by atoms with Crippen LogP contribution in [-0.2, 0) is 6.54 Å². The van der Waals surface area contributed by atoms with Crippen molar-refractivity contribution in [1.29, 1.82) is 0 Å². The lowest BCUT2D eigenvalue weighted by atomic mass is 10.1. The summed E-state index contributed by atoms with van der Waals surface area (Å²) in [6.07, 6.45) is 8.75. The Bertz CT molecular complexity index is 1460. The molecule has 1 aliphatic rings. The number of carbonyl (C=O) groups excluding carboxylic acids is 2. The van der Waals surface area contributed by atoms with Crippen LogP contribution in [0.4, 0.5) is 26.2 Å². The van der Waals surface area contributed by atoms with E-state index in [9.17, 15) is 14.0 Å². The maximum atomic E-state index is 13.8. The number of anilines is 3. The number of hydrogen-bond donors (Lipinski definition) is 3. The van der Waals surface area contributed by atoms with E-state index >= 15 is 0 Å². The van der Waals surface area contributed by atoms with Crippen molar-refractivity contribution in [2.24, 2.45) is 0 Å². The van der Waals surface area contributed by atoms with Gasteiger partial charge in [-0.15, -0.1) is 0 Å². The number of nitrogens with zero attached hydrogens (tertiary/aromatic N) is 5. The Morgan fingerprint density at radius 2 is 1.74 bits per heavy atom. The van der Waals surface area contributed by atoms with E-state index in [1.165, 1.54) is 37.6 Å². The summed E-state index contributed by atoms with van der Waals surface area (Å²) in [7, 11) is 0. The van der Waals surface area contributed by atoms with Gasteiger partial charge in [0.25, 0.3) is 5.91 Å². The maximum Gasteiger partial charge on any atom is 0.323 e. The number of hydrogen-bond acceptors (Lipinski definition) is 5. The summed E-state index contributed by atoms with van der Waals surface area (Å²) in [6.45, 7) is 5.87. The molecule has 3 N–H and O–H groups in total. The van der Waals surface area contributed by atoms with Crippen LogP contribution in [0.2, 0.25) is 0 Å². The Balaban J connectivity index is 1.19. The smallest absolute Gasteiger partial charge is 0.319 e. The third-order valence-corrected chi connectivity index (χ3v) is 6.62. The minimum atomic E-state index is -0.598. The molecule has 3 amide bonds. The van der Waals surface area contributed by atoms with E-state index in [0.717, 1.165) is 31.9 Å². The molecular formula is C28H31FN8O2. The molecule has 3 heterocycles. The van der Waals surface area contributed by atoms with Crippen LogP contribution in [0.15, 0.2) is 67.1 Å². The maximum absolute atomic E-state index is 13.8. The molecule has 11 heteroatoms. The highest BCUT2D eigenvalue weighted by molar-refractivity contribution is 6.04. The molecule has 1 fully saturated rings. The number of benzene rings is 2. The van der Waals surface area contributed by atoms with Gasteiger partial charge < -0.3 is 20.9 Å². The topological polar surface area (TPSA) is 109 Å². The van der Waals surface area contributed by atoms with Gasteiger partial charge in [0.2, 0.25) is 0 Å². The molecule has 0 radical (unpaired) electrons. The lowest BCUT2D eigenvalue weighted by Gasteiger charge is -2.26. The Hall–Kier alpha value is -4.51. The van der Waals surface area contributed by atoms with Crippen LogP contribution in [-0.4, -0.2) is 56.0 Å². The van der Waals surface area contributed by atoms with Gasteiger partial charge in [0.15, 0.2) is 0 Å². The zero-order valence-electron chi connectivity index (χ0n) is 21.7. The number of halogens is 1. The molecule has 1 saturated heterocycles. The summed E-state index contributed by atoms with van der Waals surface area (Å²) < 4.78 is 17.2. The summed E-state index contributed by atoms with van der Waals surface area (Å²) >= 11 is 0. The van der Waals surface area contributed by atoms with E-state index in [1.807, 2.05) is 17.8 Å². The number of aryl methyl sites for hydroxylation is 1. The van der Waals surface area contributed by atoms with Crippen molar-refractivity contribution in [1.82, 2.24) is 24.5 Å². The molecule has 202 valence electrons. The second kappa shape index (κ2) is 11.9. The number of carbonyl (C=O) groups is 2. The summed E-state index contributed by atoms with van der Waals surface area (Å²) in [6, 6.07) is 12.3. The van der Waals surface area contributed by atoms with Gasteiger partial charge in [-0.3, -0.25) is 9.48 Å². The predicted octanol–water partition coefficient (Wildman–Crippen LogP) is 4.90. The minimum absolute atomic E-state index is 0.0730. The molecule has 2 aromatic carbocycles. The SMILES string of the molecule is Cc1nn(CCN2CCCCC2)cc1NC(=O)c1cccc(-n2cc(NC(=O)Nc3ccccc3F)cn2)c1. The van der Waals surface area contributed by atoms with Gasteiger partial charge in [-0.2, -0.15) is 10.2 Å². The molecule has 4 aromatic rings. The number of nitrogens with one attached hydrogen (secondary N) is 3. The minimum Gasteiger partial charge on any atom is -0.319 e. The third kappa shape index (κ3) is 6.68. The van der Waals surface area contributed by atoms with Gasteiger partial charge in [0.05, 0.1) is 47.4 Å². The molecule has 0 saturated carbocycles. The van der Waals surface area contributed by atoms with Crippen molar-refractivity contribution < 1.29 is 14.0 Å². The van der Waals surface area contributed by atoms with Crippen LogP contribution in [0.5, 0.6) is 0 Å². The molecule has 0 unspecified atom stereocenters. The fourth-order valence-electron chi connectivity index (χ4n) is 4.54. The van der Waals surface area contributed by atoms with Crippen molar-refractivity contribution in [3.63, 3.8) is 0 Å². The summed E-state index contributed by atoms with van der Waals surface area (Å²) in [5.41, 5.74) is 3.01. The predicted molar refractivity (Wildman–Crippen MR) is 148 cm³/mol. The number of aromatic nitrogens is 4. The molecule has 5 rings (SSSR count). The van der Waals surface area contributed by atoms with Crippen molar-refractivity contribution >= 4 is 29.0 Å². The first kappa shape index (κ1) is 26.1. The highest BCUT2D eigenvalue weighted by atomic mass is 19.1. The van der Waals surface area contributed by atoms with Gasteiger partial charge in [-0.05, 0) is 63.2 Å². The van der Waals surface area contributed by atoms with Crippen molar-refractivity contribution in [2.45, 2.75) is 32.7 Å². The first-order valence-corrected chi connectivity index (χ1v) is 13.0. The molecular weight excluding hydrogens is 499 g/mol. The zero-order valence-corrected chi connectivity index (χ0v) is 21.7. The monoisotopic (exact) mass is 530 g/mol. The first-order valence-electron chi connectivity index (χ1n) is 13.0. The van der Waals surface area contributed by atoms with Gasteiger partial charge in [-0.25, -0.2) is 13.9 Å². The Labute approximate surface area is 225 Å². The van der Waals surface area contributed by atoms with Crippen LogP contribution in [0, 0.1) is 12.7 Å². The fraction of sp³-hybridized carbons (Fsp3) is 0.286. The Kier molecular flexibility index (Phi) is 7.97. The second-order valence-corrected chi connectivity index (χ2v) is 9.53. The van der Waals surface area contributed by atoms with E-state index < -0.39 is 11.8 Å². The molecule has 0 aliphatic carbocycles. The van der Waals surface area contributed by atoms with Crippen LogP contribution in [0.25, 0.3) is 5.69 Å². The number of piperidine rings is 1. The van der Waals surface area contributed by atoms with Gasteiger partial charge in [-0.1, -0.05) is 24.6 Å². The average molecular weight is 531 g/mol. The molecule has 0 spiro atoms. The summed E-state index contributed by atoms with van der Waals surface area (Å²) in [5, 5.41) is 16.9. The second-order valence-electron chi connectivity index (χ2n) is 9.53. The van der Waals surface area contributed by atoms with E-state index in [4.69, 9.17) is 0 Å². The van der Waals surface area contributed by atoms with Crippen molar-refractivity contribution in [3.05, 3.63) is 84.2 Å². The molecule has 0 bridgehead atoms. The first-order chi connectivity index (χ1) is 18.9. The van der Waals surface area contributed by atoms with Crippen molar-refractivity contribution in [3.8, 4) is 5.69 Å². The number of urea groups is 1. The molecule has 39 heavy (non-hydrogen) atoms. The van der Waals surface area contributed by atoms with Gasteiger partial charge >= 0.3 is 6.03 Å². The highest BCUT2D eigenvalue weighted by Gasteiger charge is 2.14. The molecule has 0 atom stereocenters. The van der Waals surface area contributed by atoms with Crippen LogP contribution < -0.4 is 16.0 Å². The number of likely N-dealkylation sites (tertiary alicyclic amines) is 1. The highest BCUT2D eigenvalue weighted by Crippen LogP contribution is 2.18. The molecule has 1 aliphatic heterocycles. The lowest BCUT2D eigenvalue weighted by Crippen LogP contribution is -2.32. The van der Waals surface area contributed by atoms with Crippen LogP contribution >= 0.6 is 0 Å². The van der Waals surface area contributed by atoms with E-state index in [2.05, 4.69) is 31.0 Å². The third-order valence-electron chi connectivity index (χ3n) is 6.62. The Morgan fingerprint density at radius 1 is 0.923 bits per heavy atom. The van der Waals surface area contributed by atoms with Crippen LogP contribution in [0.1, 0.15) is 35.3 Å². The molecule has 10 nitrogen and oxygen atoms in total. The number of amides is 3. The average Bonchev–Trinajstić information content (AvgIpc) is 3.55. The van der Waals surface area contributed by atoms with Crippen molar-refractivity contribution in [2.75, 3.05) is 35.6 Å². The summed E-state index contributed by atoms with van der Waals surface area (Å²) in [5.74, 6) is -0.788. The van der Waals surface area contributed by atoms with E-state index in [0.29, 0.717) is 22.6 Å². The number of para-hydroxylation sites is 1.